The van der Waals surface area contributed by atoms with Crippen LogP contribution in [0, 0.1) is 0 Å². The van der Waals surface area contributed by atoms with Gasteiger partial charge in [0.15, 0.2) is 0 Å². The highest BCUT2D eigenvalue weighted by atomic mass is 16.2. The molecule has 1 unspecified atom stereocenters. The molecule has 0 bridgehead atoms. The Labute approximate surface area is 99.3 Å². The summed E-state index contributed by atoms with van der Waals surface area (Å²) in [4.78, 5) is 28.7. The Kier molecular flexibility index (Phi) is 3.53. The van der Waals surface area contributed by atoms with Gasteiger partial charge in [-0.15, -0.1) is 0 Å². The molecule has 1 aliphatic heterocycles. The van der Waals surface area contributed by atoms with Crippen molar-refractivity contribution in [2.75, 3.05) is 19.6 Å². The van der Waals surface area contributed by atoms with Crippen molar-refractivity contribution >= 4 is 5.91 Å². The van der Waals surface area contributed by atoms with E-state index in [9.17, 15) is 9.59 Å². The summed E-state index contributed by atoms with van der Waals surface area (Å²) in [6.07, 6.45) is 3.01. The largest absolute Gasteiger partial charge is 0.347 e. The van der Waals surface area contributed by atoms with E-state index in [0.29, 0.717) is 19.1 Å². The van der Waals surface area contributed by atoms with E-state index in [1.54, 1.807) is 17.2 Å². The highest BCUT2D eigenvalue weighted by Gasteiger charge is 2.20. The van der Waals surface area contributed by atoms with Crippen LogP contribution in [0.2, 0.25) is 0 Å². The van der Waals surface area contributed by atoms with E-state index in [4.69, 9.17) is 0 Å². The molecule has 0 aromatic carbocycles. The van der Waals surface area contributed by atoms with E-state index in [1.165, 1.54) is 10.8 Å². The first-order chi connectivity index (χ1) is 8.16. The van der Waals surface area contributed by atoms with Crippen molar-refractivity contribution in [3.63, 3.8) is 0 Å². The zero-order valence-corrected chi connectivity index (χ0v) is 9.80. The molecule has 6 nitrogen and oxygen atoms in total. The third kappa shape index (κ3) is 2.91. The Morgan fingerprint density at radius 2 is 2.47 bits per heavy atom. The van der Waals surface area contributed by atoms with Crippen molar-refractivity contribution in [3.8, 4) is 0 Å². The van der Waals surface area contributed by atoms with Crippen LogP contribution >= 0.6 is 0 Å². The van der Waals surface area contributed by atoms with Gasteiger partial charge in [0, 0.05) is 38.1 Å². The average molecular weight is 236 g/mol. The van der Waals surface area contributed by atoms with Crippen LogP contribution in [0.15, 0.2) is 23.3 Å². The molecular formula is C11H16N4O2. The molecule has 1 fully saturated rings. The van der Waals surface area contributed by atoms with Gasteiger partial charge in [-0.1, -0.05) is 0 Å². The quantitative estimate of drug-likeness (QED) is 0.720. The molecule has 17 heavy (non-hydrogen) atoms. The molecule has 1 aliphatic rings. The molecule has 0 radical (unpaired) electrons. The van der Waals surface area contributed by atoms with Crippen LogP contribution in [0.25, 0.3) is 0 Å². The van der Waals surface area contributed by atoms with Gasteiger partial charge in [0.2, 0.25) is 5.91 Å². The lowest BCUT2D eigenvalue weighted by Gasteiger charge is -2.32. The van der Waals surface area contributed by atoms with Crippen molar-refractivity contribution < 1.29 is 4.79 Å². The predicted octanol–water partition coefficient (Wildman–Crippen LogP) is -0.936. The van der Waals surface area contributed by atoms with E-state index < -0.39 is 0 Å². The van der Waals surface area contributed by atoms with Crippen LogP contribution in [0.1, 0.15) is 6.92 Å². The zero-order chi connectivity index (χ0) is 12.3. The van der Waals surface area contributed by atoms with E-state index in [0.717, 1.165) is 6.54 Å². The summed E-state index contributed by atoms with van der Waals surface area (Å²) in [5.41, 5.74) is -0.385. The minimum atomic E-state index is -0.385. The van der Waals surface area contributed by atoms with Gasteiger partial charge in [-0.05, 0) is 13.0 Å². The average Bonchev–Trinajstić information content (AvgIpc) is 2.32. The number of rotatable bonds is 2. The summed E-state index contributed by atoms with van der Waals surface area (Å²) in [6.45, 7) is 4.29. The molecule has 1 aromatic rings. The maximum atomic E-state index is 12.0. The second kappa shape index (κ2) is 5.09. The first kappa shape index (κ1) is 11.8. The minimum Gasteiger partial charge on any atom is -0.338 e. The van der Waals surface area contributed by atoms with Crippen molar-refractivity contribution in [1.82, 2.24) is 19.8 Å². The topological polar surface area (TPSA) is 67.2 Å². The number of piperazine rings is 1. The molecule has 2 rings (SSSR count). The highest BCUT2D eigenvalue weighted by Crippen LogP contribution is 2.00. The highest BCUT2D eigenvalue weighted by molar-refractivity contribution is 5.76. The lowest BCUT2D eigenvalue weighted by Crippen LogP contribution is -2.52. The fourth-order valence-electron chi connectivity index (χ4n) is 1.91. The summed E-state index contributed by atoms with van der Waals surface area (Å²) in [5, 5.41) is 3.27. The van der Waals surface area contributed by atoms with Crippen LogP contribution in [0.3, 0.4) is 0 Å². The summed E-state index contributed by atoms with van der Waals surface area (Å²) >= 11 is 0. The number of carbonyl (C=O) groups is 1. The van der Waals surface area contributed by atoms with Crippen molar-refractivity contribution in [3.05, 3.63) is 28.9 Å². The normalized spacial score (nSPS) is 20.3. The van der Waals surface area contributed by atoms with Crippen LogP contribution in [-0.4, -0.2) is 46.0 Å². The molecule has 2 heterocycles. The first-order valence-electron chi connectivity index (χ1n) is 5.69. The molecule has 6 heteroatoms. The molecule has 0 saturated carbocycles. The maximum absolute atomic E-state index is 12.0. The smallest absolute Gasteiger partial charge is 0.338 e. The molecule has 1 aromatic heterocycles. The van der Waals surface area contributed by atoms with E-state index in [-0.39, 0.29) is 18.1 Å². The van der Waals surface area contributed by atoms with Gasteiger partial charge in [0.1, 0.15) is 6.54 Å². The first-order valence-corrected chi connectivity index (χ1v) is 5.69. The second-order valence-electron chi connectivity index (χ2n) is 4.23. The van der Waals surface area contributed by atoms with Crippen molar-refractivity contribution in [1.29, 1.82) is 0 Å². The molecule has 1 amide bonds. The zero-order valence-electron chi connectivity index (χ0n) is 9.80. The standard InChI is InChI=1S/C11H16N4O2/c1-9-7-14(6-4-12-9)10(16)8-15-5-2-3-13-11(15)17/h2-3,5,9,12H,4,6-8H2,1H3. The SMILES string of the molecule is CC1CN(C(=O)Cn2cccnc2=O)CCN1. The van der Waals surface area contributed by atoms with E-state index >= 15 is 0 Å². The number of hydrogen-bond donors (Lipinski definition) is 1. The van der Waals surface area contributed by atoms with Gasteiger partial charge in [-0.25, -0.2) is 9.78 Å². The number of aromatic nitrogens is 2. The van der Waals surface area contributed by atoms with Gasteiger partial charge >= 0.3 is 5.69 Å². The van der Waals surface area contributed by atoms with Gasteiger partial charge < -0.3 is 10.2 Å². The number of nitrogens with zero attached hydrogens (tertiary/aromatic N) is 3. The molecule has 0 spiro atoms. The number of carbonyl (C=O) groups excluding carboxylic acids is 1. The summed E-state index contributed by atoms with van der Waals surface area (Å²) < 4.78 is 1.33. The minimum absolute atomic E-state index is 0.0338. The van der Waals surface area contributed by atoms with Crippen LogP contribution < -0.4 is 11.0 Å². The summed E-state index contributed by atoms with van der Waals surface area (Å²) in [6, 6.07) is 1.95. The Balaban J connectivity index is 2.02. The fourth-order valence-corrected chi connectivity index (χ4v) is 1.91. The fraction of sp³-hybridized carbons (Fsp3) is 0.545. The van der Waals surface area contributed by atoms with Gasteiger partial charge in [0.05, 0.1) is 0 Å². The molecule has 92 valence electrons. The van der Waals surface area contributed by atoms with Crippen LogP contribution in [-0.2, 0) is 11.3 Å². The molecule has 1 saturated heterocycles. The Hall–Kier alpha value is -1.69. The summed E-state index contributed by atoms with van der Waals surface area (Å²) in [5.74, 6) is -0.0338. The second-order valence-corrected chi connectivity index (χ2v) is 4.23. The van der Waals surface area contributed by atoms with Crippen molar-refractivity contribution in [2.45, 2.75) is 19.5 Å². The van der Waals surface area contributed by atoms with Gasteiger partial charge in [-0.3, -0.25) is 9.36 Å². The van der Waals surface area contributed by atoms with Gasteiger partial charge in [0.25, 0.3) is 0 Å². The molecule has 1 N–H and O–H groups in total. The molecular weight excluding hydrogens is 220 g/mol. The Bertz CT molecular complexity index is 457. The third-order valence-corrected chi connectivity index (χ3v) is 2.81. The molecule has 1 atom stereocenters. The monoisotopic (exact) mass is 236 g/mol. The number of amides is 1. The Morgan fingerprint density at radius 3 is 3.18 bits per heavy atom. The maximum Gasteiger partial charge on any atom is 0.347 e. The van der Waals surface area contributed by atoms with Crippen LogP contribution in [0.4, 0.5) is 0 Å². The Morgan fingerprint density at radius 1 is 1.65 bits per heavy atom. The number of nitrogens with one attached hydrogen (secondary N) is 1. The lowest BCUT2D eigenvalue weighted by atomic mass is 10.2. The van der Waals surface area contributed by atoms with Gasteiger partial charge in [-0.2, -0.15) is 0 Å². The molecule has 0 aliphatic carbocycles. The van der Waals surface area contributed by atoms with Crippen LogP contribution in [0.5, 0.6) is 0 Å². The lowest BCUT2D eigenvalue weighted by molar-refractivity contribution is -0.133. The van der Waals surface area contributed by atoms with E-state index in [2.05, 4.69) is 10.3 Å². The van der Waals surface area contributed by atoms with E-state index in [1.807, 2.05) is 6.92 Å². The number of hydrogen-bond acceptors (Lipinski definition) is 4. The third-order valence-electron chi connectivity index (χ3n) is 2.81. The van der Waals surface area contributed by atoms with Crippen molar-refractivity contribution in [2.24, 2.45) is 0 Å². The summed E-state index contributed by atoms with van der Waals surface area (Å²) in [7, 11) is 0. The predicted molar refractivity (Wildman–Crippen MR) is 62.5 cm³/mol.